The minimum absolute atomic E-state index is 0.451. The van der Waals surface area contributed by atoms with Gasteiger partial charge in [0.05, 0.1) is 13.2 Å². The number of halogens is 2. The van der Waals surface area contributed by atoms with Gasteiger partial charge in [-0.1, -0.05) is 24.3 Å². The number of benzene rings is 2. The first-order valence-electron chi connectivity index (χ1n) is 6.42. The SMILES string of the molecule is COc1ccccc1[C@H](C)NC(=O)c1c(F)cccc1F. The Bertz CT molecular complexity index is 638. The van der Waals surface area contributed by atoms with E-state index in [-0.39, 0.29) is 0 Å². The molecule has 0 aliphatic heterocycles. The molecule has 1 amide bonds. The van der Waals surface area contributed by atoms with Crippen LogP contribution in [0.5, 0.6) is 5.75 Å². The Labute approximate surface area is 121 Å². The molecule has 0 aliphatic carbocycles. The smallest absolute Gasteiger partial charge is 0.257 e. The Hall–Kier alpha value is -2.43. The summed E-state index contributed by atoms with van der Waals surface area (Å²) in [5, 5.41) is 2.57. The Morgan fingerprint density at radius 1 is 1.10 bits per heavy atom. The number of nitrogens with one attached hydrogen (secondary N) is 1. The third kappa shape index (κ3) is 3.18. The molecule has 0 aliphatic rings. The van der Waals surface area contributed by atoms with Gasteiger partial charge in [0, 0.05) is 5.56 Å². The molecule has 0 saturated heterocycles. The maximum absolute atomic E-state index is 13.6. The molecule has 0 bridgehead atoms. The average molecular weight is 291 g/mol. The Balaban J connectivity index is 2.23. The lowest BCUT2D eigenvalue weighted by Crippen LogP contribution is -2.28. The van der Waals surface area contributed by atoms with Gasteiger partial charge in [0.2, 0.25) is 0 Å². The molecule has 2 aromatic rings. The predicted octanol–water partition coefficient (Wildman–Crippen LogP) is 3.46. The first-order valence-corrected chi connectivity index (χ1v) is 6.42. The minimum atomic E-state index is -0.889. The highest BCUT2D eigenvalue weighted by atomic mass is 19.1. The molecule has 0 heterocycles. The number of ether oxygens (including phenoxy) is 1. The summed E-state index contributed by atoms with van der Waals surface area (Å²) in [6.45, 7) is 1.72. The van der Waals surface area contributed by atoms with Gasteiger partial charge >= 0.3 is 0 Å². The second kappa shape index (κ2) is 6.35. The lowest BCUT2D eigenvalue weighted by Gasteiger charge is -2.17. The molecule has 0 saturated carbocycles. The molecule has 3 nitrogen and oxygen atoms in total. The molecule has 2 aromatic carbocycles. The fraction of sp³-hybridized carbons (Fsp3) is 0.188. The van der Waals surface area contributed by atoms with E-state index < -0.39 is 29.1 Å². The molecule has 1 atom stereocenters. The summed E-state index contributed by atoms with van der Waals surface area (Å²) < 4.78 is 32.3. The van der Waals surface area contributed by atoms with Crippen molar-refractivity contribution in [2.24, 2.45) is 0 Å². The van der Waals surface area contributed by atoms with Crippen molar-refractivity contribution >= 4 is 5.91 Å². The van der Waals surface area contributed by atoms with Crippen molar-refractivity contribution < 1.29 is 18.3 Å². The second-order valence-electron chi connectivity index (χ2n) is 4.53. The molecule has 1 N–H and O–H groups in total. The van der Waals surface area contributed by atoms with Gasteiger partial charge in [-0.2, -0.15) is 0 Å². The summed E-state index contributed by atoms with van der Waals surface area (Å²) in [6, 6.07) is 9.98. The van der Waals surface area contributed by atoms with Crippen LogP contribution in [-0.4, -0.2) is 13.0 Å². The lowest BCUT2D eigenvalue weighted by atomic mass is 10.1. The van der Waals surface area contributed by atoms with Crippen molar-refractivity contribution in [1.82, 2.24) is 5.32 Å². The van der Waals surface area contributed by atoms with E-state index in [1.807, 2.05) is 0 Å². The zero-order valence-electron chi connectivity index (χ0n) is 11.7. The molecule has 0 unspecified atom stereocenters. The van der Waals surface area contributed by atoms with Gasteiger partial charge in [0.15, 0.2) is 0 Å². The number of carbonyl (C=O) groups excluding carboxylic acids is 1. The van der Waals surface area contributed by atoms with E-state index in [0.717, 1.165) is 17.7 Å². The van der Waals surface area contributed by atoms with Gasteiger partial charge in [-0.25, -0.2) is 8.78 Å². The maximum Gasteiger partial charge on any atom is 0.257 e. The van der Waals surface area contributed by atoms with Crippen LogP contribution in [0, 0.1) is 11.6 Å². The Morgan fingerprint density at radius 2 is 1.71 bits per heavy atom. The van der Waals surface area contributed by atoms with Crippen molar-refractivity contribution in [3.05, 3.63) is 65.2 Å². The van der Waals surface area contributed by atoms with Gasteiger partial charge in [-0.3, -0.25) is 4.79 Å². The quantitative estimate of drug-likeness (QED) is 0.936. The maximum atomic E-state index is 13.6. The van der Waals surface area contributed by atoms with Crippen LogP contribution in [0.4, 0.5) is 8.78 Å². The summed E-state index contributed by atoms with van der Waals surface area (Å²) in [7, 11) is 1.52. The van der Waals surface area contributed by atoms with Crippen molar-refractivity contribution in [3.63, 3.8) is 0 Å². The molecule has 110 valence electrons. The fourth-order valence-corrected chi connectivity index (χ4v) is 2.09. The number of rotatable bonds is 4. The molecular weight excluding hydrogens is 276 g/mol. The van der Waals surface area contributed by atoms with Crippen molar-refractivity contribution in [2.75, 3.05) is 7.11 Å². The van der Waals surface area contributed by atoms with E-state index in [1.165, 1.54) is 13.2 Å². The van der Waals surface area contributed by atoms with Crippen LogP contribution in [0.1, 0.15) is 28.9 Å². The lowest BCUT2D eigenvalue weighted by molar-refractivity contribution is 0.0931. The fourth-order valence-electron chi connectivity index (χ4n) is 2.09. The van der Waals surface area contributed by atoms with Crippen LogP contribution in [-0.2, 0) is 0 Å². The van der Waals surface area contributed by atoms with Gasteiger partial charge in [0.25, 0.3) is 5.91 Å². The largest absolute Gasteiger partial charge is 0.496 e. The number of methoxy groups -OCH3 is 1. The van der Waals surface area contributed by atoms with E-state index in [0.29, 0.717) is 5.75 Å². The highest BCUT2D eigenvalue weighted by Gasteiger charge is 2.20. The number of hydrogen-bond acceptors (Lipinski definition) is 2. The second-order valence-corrected chi connectivity index (χ2v) is 4.53. The number of para-hydroxylation sites is 1. The molecule has 0 aromatic heterocycles. The summed E-state index contributed by atoms with van der Waals surface area (Å²) in [5.41, 5.74) is 0.143. The normalized spacial score (nSPS) is 11.8. The van der Waals surface area contributed by atoms with Crippen molar-refractivity contribution in [1.29, 1.82) is 0 Å². The van der Waals surface area contributed by atoms with Crippen molar-refractivity contribution in [3.8, 4) is 5.75 Å². The van der Waals surface area contributed by atoms with E-state index in [1.54, 1.807) is 31.2 Å². The van der Waals surface area contributed by atoms with Crippen LogP contribution in [0.2, 0.25) is 0 Å². The van der Waals surface area contributed by atoms with Crippen LogP contribution in [0.3, 0.4) is 0 Å². The number of carbonyl (C=O) groups is 1. The van der Waals surface area contributed by atoms with Crippen LogP contribution < -0.4 is 10.1 Å². The highest BCUT2D eigenvalue weighted by Crippen LogP contribution is 2.25. The van der Waals surface area contributed by atoms with Gasteiger partial charge < -0.3 is 10.1 Å². The molecule has 2 rings (SSSR count). The predicted molar refractivity (Wildman–Crippen MR) is 75.2 cm³/mol. The molecule has 5 heteroatoms. The molecule has 21 heavy (non-hydrogen) atoms. The van der Waals surface area contributed by atoms with Crippen molar-refractivity contribution in [2.45, 2.75) is 13.0 Å². The van der Waals surface area contributed by atoms with E-state index in [4.69, 9.17) is 4.74 Å². The number of amides is 1. The summed E-state index contributed by atoms with van der Waals surface area (Å²) in [5.74, 6) is -1.98. The molecular formula is C16H15F2NO2. The summed E-state index contributed by atoms with van der Waals surface area (Å²) >= 11 is 0. The van der Waals surface area contributed by atoms with Gasteiger partial charge in [-0.15, -0.1) is 0 Å². The molecule has 0 spiro atoms. The standard InChI is InChI=1S/C16H15F2NO2/c1-10(11-6-3-4-9-14(11)21-2)19-16(20)15-12(17)7-5-8-13(15)18/h3-10H,1-2H3,(H,19,20)/t10-/m0/s1. The third-order valence-corrected chi connectivity index (χ3v) is 3.14. The van der Waals surface area contributed by atoms with E-state index >= 15 is 0 Å². The van der Waals surface area contributed by atoms with E-state index in [2.05, 4.69) is 5.32 Å². The van der Waals surface area contributed by atoms with Crippen LogP contribution in [0.25, 0.3) is 0 Å². The molecule has 0 radical (unpaired) electrons. The molecule has 0 fully saturated rings. The monoisotopic (exact) mass is 291 g/mol. The topological polar surface area (TPSA) is 38.3 Å². The Kier molecular flexibility index (Phi) is 4.52. The Morgan fingerprint density at radius 3 is 2.33 bits per heavy atom. The zero-order valence-corrected chi connectivity index (χ0v) is 11.7. The zero-order chi connectivity index (χ0) is 15.4. The highest BCUT2D eigenvalue weighted by molar-refractivity contribution is 5.95. The van der Waals surface area contributed by atoms with Crippen LogP contribution in [0.15, 0.2) is 42.5 Å². The first-order chi connectivity index (χ1) is 10.0. The van der Waals surface area contributed by atoms with Gasteiger partial charge in [0.1, 0.15) is 22.9 Å². The summed E-state index contributed by atoms with van der Waals surface area (Å²) in [6.07, 6.45) is 0. The van der Waals surface area contributed by atoms with Gasteiger partial charge in [-0.05, 0) is 25.1 Å². The number of hydrogen-bond donors (Lipinski definition) is 1. The summed E-state index contributed by atoms with van der Waals surface area (Å²) in [4.78, 5) is 12.0. The third-order valence-electron chi connectivity index (χ3n) is 3.14. The average Bonchev–Trinajstić information content (AvgIpc) is 2.46. The van der Waals surface area contributed by atoms with E-state index in [9.17, 15) is 13.6 Å². The van der Waals surface area contributed by atoms with Crippen LogP contribution >= 0.6 is 0 Å². The minimum Gasteiger partial charge on any atom is -0.496 e. The first kappa shape index (κ1) is 15.0.